The molecule has 0 N–H and O–H groups in total. The molecule has 1 aliphatic carbocycles. The topological polar surface area (TPSA) is 0 Å². The van der Waals surface area contributed by atoms with Gasteiger partial charge in [-0.05, 0) is 11.5 Å². The predicted octanol–water partition coefficient (Wildman–Crippen LogP) is 0.861. The van der Waals surface area contributed by atoms with Crippen LogP contribution in [0.1, 0.15) is 129 Å². The largest absolute Gasteiger partial charge is 4.00 e. The van der Waals surface area contributed by atoms with Crippen molar-refractivity contribution in [3.8, 4) is 0 Å². The van der Waals surface area contributed by atoms with Crippen LogP contribution in [0.3, 0.4) is 0 Å². The van der Waals surface area contributed by atoms with Gasteiger partial charge in [-0.2, -0.15) is 10.9 Å². The summed E-state index contributed by atoms with van der Waals surface area (Å²) in [6, 6.07) is 11.7. The van der Waals surface area contributed by atoms with Crippen LogP contribution >= 0.6 is 0 Å². The summed E-state index contributed by atoms with van der Waals surface area (Å²) in [4.78, 5) is 0. The van der Waals surface area contributed by atoms with Gasteiger partial charge in [0.2, 0.25) is 0 Å². The molecule has 0 heterocycles. The molecule has 1 atom stereocenters. The first-order chi connectivity index (χ1) is 17.2. The van der Waals surface area contributed by atoms with Crippen molar-refractivity contribution < 1.29 is 58.9 Å². The van der Waals surface area contributed by atoms with Gasteiger partial charge in [-0.3, -0.25) is 0 Å². The third kappa shape index (κ3) is 15.8. The van der Waals surface area contributed by atoms with E-state index >= 15 is 0 Å². The number of rotatable bonds is 19. The van der Waals surface area contributed by atoms with Gasteiger partial charge < -0.3 is 37.2 Å². The van der Waals surface area contributed by atoms with E-state index in [1.54, 1.807) is 10.8 Å². The summed E-state index contributed by atoms with van der Waals surface area (Å²) in [5.41, 5.74) is 1.70. The van der Waals surface area contributed by atoms with Gasteiger partial charge in [0.1, 0.15) is 0 Å². The van der Waals surface area contributed by atoms with E-state index in [1.165, 1.54) is 126 Å². The first-order valence-corrected chi connectivity index (χ1v) is 16.6. The van der Waals surface area contributed by atoms with Crippen LogP contribution < -0.4 is 42.4 Å². The summed E-state index contributed by atoms with van der Waals surface area (Å²) in [6.07, 6.45) is 34.9. The summed E-state index contributed by atoms with van der Waals surface area (Å²) in [6.45, 7) is 4.79. The Kier molecular flexibility index (Phi) is 26.1. The minimum atomic E-state index is -0.347. The Morgan fingerprint density at radius 1 is 0.718 bits per heavy atom. The monoisotopic (exact) mass is 642 g/mol. The van der Waals surface area contributed by atoms with Crippen LogP contribution in [0.2, 0.25) is 5.04 Å². The molecule has 2 aromatic carbocycles. The van der Waals surface area contributed by atoms with Gasteiger partial charge in [0.25, 0.3) is 0 Å². The van der Waals surface area contributed by atoms with Crippen LogP contribution in [0.5, 0.6) is 0 Å². The maximum atomic E-state index is 2.54. The van der Waals surface area contributed by atoms with E-state index in [2.05, 4.69) is 68.5 Å². The van der Waals surface area contributed by atoms with Crippen molar-refractivity contribution in [3.05, 3.63) is 60.2 Å². The fraction of sp³-hybridized carbons (Fsp3) is 0.618. The quantitative estimate of drug-likeness (QED) is 0.121. The second-order valence-electron chi connectivity index (χ2n) is 11.6. The molecule has 39 heavy (non-hydrogen) atoms. The molecule has 1 aliphatic rings. The number of aryl methyl sites for hydroxylation is 1. The SMILES string of the molecule is CCCCCCCCCCCCCCCCCCc1c([SiH2]C2(C)C=CC=CC2)[cH-]c2ccccc12.[Cl-].[Cl-].[Cl-].[Ti+4]. The minimum Gasteiger partial charge on any atom is -1.00 e. The first kappa shape index (κ1) is 41.2. The molecule has 0 saturated heterocycles. The molecular formula is C34H53Cl3SiTi. The molecule has 0 radical (unpaired) electrons. The maximum absolute atomic E-state index is 2.54. The molecule has 2 aromatic rings. The van der Waals surface area contributed by atoms with Crippen LogP contribution in [0.15, 0.2) is 54.6 Å². The van der Waals surface area contributed by atoms with Crippen LogP contribution in [0.4, 0.5) is 0 Å². The number of hydrogen-bond acceptors (Lipinski definition) is 0. The standard InChI is InChI=1S/C34H53Si.3ClH.Ti/c1-3-4-5-6-7-8-9-10-11-12-13-14-15-16-17-19-26-32-31-25-21-20-24-30(31)29-33(32)35-34(2)27-22-18-23-28-34;;;;/h18,20-25,27,29H,3-17,19,26,28,35H2,1-2H3;3*1H;/q-1;;;;+4/p-3. The molecule has 0 aliphatic heterocycles. The molecule has 0 nitrogen and oxygen atoms in total. The average Bonchev–Trinajstić information content (AvgIpc) is 3.20. The summed E-state index contributed by atoms with van der Waals surface area (Å²) >= 11 is 0. The van der Waals surface area contributed by atoms with E-state index in [9.17, 15) is 0 Å². The zero-order valence-electron chi connectivity index (χ0n) is 24.8. The first-order valence-electron chi connectivity index (χ1n) is 15.2. The van der Waals surface area contributed by atoms with Crippen LogP contribution in [-0.2, 0) is 28.1 Å². The van der Waals surface area contributed by atoms with Crippen molar-refractivity contribution in [2.24, 2.45) is 0 Å². The van der Waals surface area contributed by atoms with Gasteiger partial charge in [-0.25, -0.2) is 0 Å². The van der Waals surface area contributed by atoms with Crippen molar-refractivity contribution in [3.63, 3.8) is 0 Å². The van der Waals surface area contributed by atoms with E-state index in [0.29, 0.717) is 5.04 Å². The molecule has 0 fully saturated rings. The second-order valence-corrected chi connectivity index (χ2v) is 14.3. The van der Waals surface area contributed by atoms with Crippen LogP contribution in [0.25, 0.3) is 10.8 Å². The number of fused-ring (bicyclic) bond motifs is 1. The summed E-state index contributed by atoms with van der Waals surface area (Å²) in [7, 11) is -0.347. The predicted molar refractivity (Wildman–Crippen MR) is 162 cm³/mol. The fourth-order valence-corrected chi connectivity index (χ4v) is 8.32. The Hall–Kier alpha value is 0.111. The normalized spacial score (nSPS) is 16.1. The van der Waals surface area contributed by atoms with E-state index < -0.39 is 0 Å². The Labute approximate surface area is 277 Å². The van der Waals surface area contributed by atoms with Crippen molar-refractivity contribution >= 4 is 25.5 Å². The van der Waals surface area contributed by atoms with Crippen LogP contribution in [-0.4, -0.2) is 9.52 Å². The zero-order chi connectivity index (χ0) is 24.6. The van der Waals surface area contributed by atoms with Gasteiger partial charge in [0.05, 0.1) is 0 Å². The van der Waals surface area contributed by atoms with Gasteiger partial charge in [0.15, 0.2) is 0 Å². The summed E-state index contributed by atoms with van der Waals surface area (Å²) < 4.78 is 0. The number of hydrogen-bond donors (Lipinski definition) is 0. The Bertz CT molecular complexity index is 907. The molecule has 0 saturated carbocycles. The number of allylic oxidation sites excluding steroid dienone is 4. The summed E-state index contributed by atoms with van der Waals surface area (Å²) in [5.74, 6) is 0. The van der Waals surface area contributed by atoms with E-state index in [4.69, 9.17) is 0 Å². The molecule has 1 unspecified atom stereocenters. The fourth-order valence-electron chi connectivity index (χ4n) is 5.99. The number of unbranched alkanes of at least 4 members (excludes halogenated alkanes) is 15. The van der Waals surface area contributed by atoms with Crippen LogP contribution in [0, 0.1) is 0 Å². The Balaban J connectivity index is 0. The van der Waals surface area contributed by atoms with Crippen molar-refractivity contribution in [2.75, 3.05) is 0 Å². The molecule has 0 amide bonds. The zero-order valence-corrected chi connectivity index (χ0v) is 30.0. The molecule has 218 valence electrons. The smallest absolute Gasteiger partial charge is 1.00 e. The second kappa shape index (κ2) is 24.7. The molecule has 0 bridgehead atoms. The third-order valence-corrected chi connectivity index (χ3v) is 10.6. The van der Waals surface area contributed by atoms with Gasteiger partial charge in [-0.1, -0.05) is 153 Å². The van der Waals surface area contributed by atoms with Crippen molar-refractivity contribution in [1.29, 1.82) is 0 Å². The van der Waals surface area contributed by atoms with Crippen molar-refractivity contribution in [2.45, 2.75) is 134 Å². The summed E-state index contributed by atoms with van der Waals surface area (Å²) in [5, 5.41) is 5.15. The van der Waals surface area contributed by atoms with Gasteiger partial charge in [-0.15, -0.1) is 34.8 Å². The van der Waals surface area contributed by atoms with E-state index in [0.717, 1.165) is 0 Å². The van der Waals surface area contributed by atoms with Crippen molar-refractivity contribution in [1.82, 2.24) is 0 Å². The van der Waals surface area contributed by atoms with E-state index in [-0.39, 0.29) is 68.5 Å². The number of halogens is 3. The third-order valence-electron chi connectivity index (χ3n) is 8.21. The van der Waals surface area contributed by atoms with Gasteiger partial charge >= 0.3 is 21.7 Å². The van der Waals surface area contributed by atoms with Gasteiger partial charge in [0, 0.05) is 9.52 Å². The molecular weight excluding hydrogens is 591 g/mol. The Morgan fingerprint density at radius 3 is 1.74 bits per heavy atom. The molecule has 0 aromatic heterocycles. The molecule has 3 rings (SSSR count). The number of benzene rings is 1. The molecule has 0 spiro atoms. The Morgan fingerprint density at radius 2 is 1.23 bits per heavy atom. The molecule has 5 heteroatoms. The maximum Gasteiger partial charge on any atom is 4.00 e. The minimum absolute atomic E-state index is 0. The average molecular weight is 644 g/mol. The van der Waals surface area contributed by atoms with E-state index in [1.807, 2.05) is 0 Å².